The molecule has 0 saturated heterocycles. The second-order valence-electron chi connectivity index (χ2n) is 4.70. The minimum Gasteiger partial charge on any atom is -0.497 e. The first kappa shape index (κ1) is 17.7. The van der Waals surface area contributed by atoms with Crippen molar-refractivity contribution < 1.29 is 14.3 Å². The number of rotatable bonds is 7. The Labute approximate surface area is 149 Å². The number of hydrogen-bond acceptors (Lipinski definition) is 4. The smallest absolute Gasteiger partial charge is 0.277 e. The van der Waals surface area contributed by atoms with Gasteiger partial charge in [-0.1, -0.05) is 30.3 Å². The van der Waals surface area contributed by atoms with Gasteiger partial charge in [0.1, 0.15) is 11.5 Å². The highest BCUT2D eigenvalue weighted by Crippen LogP contribution is 2.16. The van der Waals surface area contributed by atoms with E-state index in [9.17, 15) is 4.79 Å². The summed E-state index contributed by atoms with van der Waals surface area (Å²) >= 11 is 3.37. The number of nitrogens with one attached hydrogen (secondary N) is 1. The fourth-order valence-electron chi connectivity index (χ4n) is 1.76. The number of nitrogens with zero attached hydrogens (tertiary/aromatic N) is 1. The van der Waals surface area contributed by atoms with Gasteiger partial charge in [-0.3, -0.25) is 4.79 Å². The SMILES string of the molecule is COc1ccc(OCC(=O)N/N=C\C(Br)=C\c2ccccc2)cc1. The Kier molecular flexibility index (Phi) is 7.04. The molecule has 2 rings (SSSR count). The van der Waals surface area contributed by atoms with E-state index in [2.05, 4.69) is 26.5 Å². The van der Waals surface area contributed by atoms with Crippen molar-refractivity contribution in [2.75, 3.05) is 13.7 Å². The normalized spacial score (nSPS) is 11.3. The molecule has 6 heteroatoms. The van der Waals surface area contributed by atoms with Crippen LogP contribution in [0.1, 0.15) is 5.56 Å². The summed E-state index contributed by atoms with van der Waals surface area (Å²) in [5.41, 5.74) is 3.43. The minimum atomic E-state index is -0.345. The van der Waals surface area contributed by atoms with E-state index in [1.54, 1.807) is 31.4 Å². The van der Waals surface area contributed by atoms with Gasteiger partial charge < -0.3 is 9.47 Å². The maximum absolute atomic E-state index is 11.7. The van der Waals surface area contributed by atoms with Gasteiger partial charge >= 0.3 is 0 Å². The summed E-state index contributed by atoms with van der Waals surface area (Å²) in [6.45, 7) is -0.121. The van der Waals surface area contributed by atoms with Gasteiger partial charge in [-0.15, -0.1) is 0 Å². The van der Waals surface area contributed by atoms with Crippen molar-refractivity contribution in [1.29, 1.82) is 0 Å². The lowest BCUT2D eigenvalue weighted by molar-refractivity contribution is -0.123. The van der Waals surface area contributed by atoms with Crippen molar-refractivity contribution in [3.05, 3.63) is 64.6 Å². The van der Waals surface area contributed by atoms with Crippen LogP contribution in [0.5, 0.6) is 11.5 Å². The number of allylic oxidation sites excluding steroid dienone is 1. The fourth-order valence-corrected chi connectivity index (χ4v) is 2.13. The van der Waals surface area contributed by atoms with Crippen LogP contribution in [-0.4, -0.2) is 25.8 Å². The van der Waals surface area contributed by atoms with Gasteiger partial charge in [-0.05, 0) is 51.8 Å². The van der Waals surface area contributed by atoms with Crippen LogP contribution in [0.4, 0.5) is 0 Å². The Hall–Kier alpha value is -2.60. The summed E-state index contributed by atoms with van der Waals surface area (Å²) in [5.74, 6) is 0.966. The van der Waals surface area contributed by atoms with E-state index in [1.807, 2.05) is 36.4 Å². The molecule has 1 N–H and O–H groups in total. The lowest BCUT2D eigenvalue weighted by Crippen LogP contribution is -2.24. The Bertz CT molecular complexity index is 713. The number of hydrogen-bond donors (Lipinski definition) is 1. The average molecular weight is 389 g/mol. The van der Waals surface area contributed by atoms with Crippen LogP contribution in [0.25, 0.3) is 6.08 Å². The average Bonchev–Trinajstić information content (AvgIpc) is 2.61. The van der Waals surface area contributed by atoms with Crippen molar-refractivity contribution in [1.82, 2.24) is 5.43 Å². The van der Waals surface area contributed by atoms with E-state index in [0.717, 1.165) is 15.8 Å². The van der Waals surface area contributed by atoms with Gasteiger partial charge in [0.25, 0.3) is 5.91 Å². The van der Waals surface area contributed by atoms with Crippen molar-refractivity contribution in [2.45, 2.75) is 0 Å². The molecule has 0 aliphatic carbocycles. The second kappa shape index (κ2) is 9.52. The number of carbonyl (C=O) groups is 1. The molecule has 0 unspecified atom stereocenters. The molecule has 0 spiro atoms. The predicted molar refractivity (Wildman–Crippen MR) is 98.5 cm³/mol. The first-order valence-corrected chi connectivity index (χ1v) is 7.97. The molecule has 0 fully saturated rings. The number of halogens is 1. The number of methoxy groups -OCH3 is 1. The Balaban J connectivity index is 1.76. The van der Waals surface area contributed by atoms with E-state index in [-0.39, 0.29) is 12.5 Å². The molecule has 0 heterocycles. The fraction of sp³-hybridized carbons (Fsp3) is 0.111. The zero-order chi connectivity index (χ0) is 17.2. The van der Waals surface area contributed by atoms with Crippen molar-refractivity contribution >= 4 is 34.1 Å². The van der Waals surface area contributed by atoms with Crippen LogP contribution in [-0.2, 0) is 4.79 Å². The van der Waals surface area contributed by atoms with Crippen molar-refractivity contribution in [2.24, 2.45) is 5.10 Å². The molecule has 1 amide bonds. The molecular weight excluding hydrogens is 372 g/mol. The van der Waals surface area contributed by atoms with Crippen LogP contribution in [0.3, 0.4) is 0 Å². The minimum absolute atomic E-state index is 0.121. The third kappa shape index (κ3) is 6.26. The third-order valence-electron chi connectivity index (χ3n) is 2.91. The molecule has 0 aliphatic heterocycles. The molecule has 0 atom stereocenters. The summed E-state index contributed by atoms with van der Waals surface area (Å²) in [5, 5.41) is 3.87. The highest BCUT2D eigenvalue weighted by molar-refractivity contribution is 9.12. The highest BCUT2D eigenvalue weighted by Gasteiger charge is 2.01. The molecule has 0 saturated carbocycles. The molecule has 2 aromatic rings. The zero-order valence-corrected chi connectivity index (χ0v) is 14.7. The Morgan fingerprint density at radius 3 is 2.46 bits per heavy atom. The van der Waals surface area contributed by atoms with Gasteiger partial charge in [0.05, 0.1) is 13.3 Å². The number of benzene rings is 2. The molecule has 0 aromatic heterocycles. The van der Waals surface area contributed by atoms with Crippen LogP contribution in [0.2, 0.25) is 0 Å². The predicted octanol–water partition coefficient (Wildman–Crippen LogP) is 3.61. The highest BCUT2D eigenvalue weighted by atomic mass is 79.9. The monoisotopic (exact) mass is 388 g/mol. The number of amides is 1. The molecule has 2 aromatic carbocycles. The second-order valence-corrected chi connectivity index (χ2v) is 5.61. The van der Waals surface area contributed by atoms with E-state index in [1.165, 1.54) is 6.21 Å². The molecular formula is C18H17BrN2O3. The van der Waals surface area contributed by atoms with Gasteiger partial charge in [0.15, 0.2) is 6.61 Å². The van der Waals surface area contributed by atoms with Gasteiger partial charge in [0.2, 0.25) is 0 Å². The molecule has 0 bridgehead atoms. The van der Waals surface area contributed by atoms with Gasteiger partial charge in [0, 0.05) is 4.48 Å². The van der Waals surface area contributed by atoms with Crippen LogP contribution in [0, 0.1) is 0 Å². The number of hydrazone groups is 1. The van der Waals surface area contributed by atoms with Crippen LogP contribution < -0.4 is 14.9 Å². The van der Waals surface area contributed by atoms with E-state index < -0.39 is 0 Å². The van der Waals surface area contributed by atoms with E-state index >= 15 is 0 Å². The maximum Gasteiger partial charge on any atom is 0.277 e. The quantitative estimate of drug-likeness (QED) is 0.582. The summed E-state index contributed by atoms with van der Waals surface area (Å²) < 4.78 is 11.1. The first-order chi connectivity index (χ1) is 11.7. The van der Waals surface area contributed by atoms with Gasteiger partial charge in [-0.2, -0.15) is 5.10 Å². The lowest BCUT2D eigenvalue weighted by Gasteiger charge is -2.05. The zero-order valence-electron chi connectivity index (χ0n) is 13.1. The van der Waals surface area contributed by atoms with E-state index in [4.69, 9.17) is 9.47 Å². The summed E-state index contributed by atoms with van der Waals surface area (Å²) in [6.07, 6.45) is 3.40. The largest absolute Gasteiger partial charge is 0.497 e. The van der Waals surface area contributed by atoms with Crippen LogP contribution >= 0.6 is 15.9 Å². The number of ether oxygens (including phenoxy) is 2. The maximum atomic E-state index is 11.7. The topological polar surface area (TPSA) is 59.9 Å². The first-order valence-electron chi connectivity index (χ1n) is 7.18. The number of carbonyl (C=O) groups excluding carboxylic acids is 1. The summed E-state index contributed by atoms with van der Waals surface area (Å²) in [6, 6.07) is 16.8. The Morgan fingerprint density at radius 1 is 1.12 bits per heavy atom. The lowest BCUT2D eigenvalue weighted by atomic mass is 10.2. The molecule has 5 nitrogen and oxygen atoms in total. The molecule has 0 radical (unpaired) electrons. The molecule has 0 aliphatic rings. The standard InChI is InChI=1S/C18H17BrN2O3/c1-23-16-7-9-17(10-8-16)24-13-18(22)21-20-12-15(19)11-14-5-3-2-4-6-14/h2-12H,13H2,1H3,(H,21,22)/b15-11-,20-12-. The summed E-state index contributed by atoms with van der Waals surface area (Å²) in [7, 11) is 1.59. The summed E-state index contributed by atoms with van der Waals surface area (Å²) in [4.78, 5) is 11.7. The molecule has 24 heavy (non-hydrogen) atoms. The van der Waals surface area contributed by atoms with E-state index in [0.29, 0.717) is 5.75 Å². The third-order valence-corrected chi connectivity index (χ3v) is 3.34. The van der Waals surface area contributed by atoms with Crippen molar-refractivity contribution in [3.63, 3.8) is 0 Å². The molecule has 124 valence electrons. The van der Waals surface area contributed by atoms with Crippen LogP contribution in [0.15, 0.2) is 64.2 Å². The van der Waals surface area contributed by atoms with Gasteiger partial charge in [-0.25, -0.2) is 5.43 Å². The Morgan fingerprint density at radius 2 is 1.79 bits per heavy atom. The van der Waals surface area contributed by atoms with Crippen molar-refractivity contribution in [3.8, 4) is 11.5 Å².